The van der Waals surface area contributed by atoms with E-state index in [0.717, 1.165) is 5.56 Å². The fourth-order valence-electron chi connectivity index (χ4n) is 0.814. The Hall–Kier alpha value is -0.610. The molecule has 72 valence electrons. The molecule has 1 rings (SSSR count). The minimum atomic E-state index is -2.81. The third-order valence-corrected chi connectivity index (χ3v) is 2.39. The van der Waals surface area contributed by atoms with E-state index in [1.807, 2.05) is 6.92 Å². The lowest BCUT2D eigenvalue weighted by molar-refractivity contribution is -0.0163. The van der Waals surface area contributed by atoms with Gasteiger partial charge in [0.05, 0.1) is 0 Å². The number of benzene rings is 1. The van der Waals surface area contributed by atoms with Gasteiger partial charge in [-0.2, -0.15) is 4.39 Å². The number of hydrogen-bond acceptors (Lipinski definition) is 2. The highest BCUT2D eigenvalue weighted by molar-refractivity contribution is 8.00. The third kappa shape index (κ3) is 3.32. The van der Waals surface area contributed by atoms with Gasteiger partial charge in [0, 0.05) is 4.90 Å². The van der Waals surface area contributed by atoms with Crippen LogP contribution in [0.1, 0.15) is 5.56 Å². The molecule has 1 aromatic carbocycles. The number of halogens is 2. The van der Waals surface area contributed by atoms with Gasteiger partial charge in [-0.3, -0.25) is 0 Å². The van der Waals surface area contributed by atoms with Crippen LogP contribution in [0.5, 0.6) is 0 Å². The molecule has 0 spiro atoms. The number of aliphatic hydroxyl groups is 1. The molecule has 0 aliphatic carbocycles. The largest absolute Gasteiger partial charge is 0.351 e. The second kappa shape index (κ2) is 4.07. The molecule has 0 fully saturated rings. The molecule has 1 unspecified atom stereocenters. The predicted molar refractivity (Wildman–Crippen MR) is 49.1 cm³/mol. The molecule has 0 aliphatic rings. The van der Waals surface area contributed by atoms with E-state index in [2.05, 4.69) is 0 Å². The average molecular weight is 204 g/mol. The second-order valence-electron chi connectivity index (χ2n) is 2.74. The van der Waals surface area contributed by atoms with Gasteiger partial charge in [0.2, 0.25) is 0 Å². The van der Waals surface area contributed by atoms with E-state index in [0.29, 0.717) is 16.7 Å². The Balaban J connectivity index is 2.69. The van der Waals surface area contributed by atoms with Crippen LogP contribution in [0.25, 0.3) is 0 Å². The van der Waals surface area contributed by atoms with Crippen molar-refractivity contribution in [2.45, 2.75) is 17.0 Å². The molecule has 0 aromatic heterocycles. The summed E-state index contributed by atoms with van der Waals surface area (Å²) in [5.41, 5.74) is 1.03. The van der Waals surface area contributed by atoms with Gasteiger partial charge in [0.1, 0.15) is 0 Å². The fraction of sp³-hybridized carbons (Fsp3) is 0.333. The van der Waals surface area contributed by atoms with Crippen molar-refractivity contribution in [3.63, 3.8) is 0 Å². The van der Waals surface area contributed by atoms with Crippen molar-refractivity contribution in [2.24, 2.45) is 0 Å². The van der Waals surface area contributed by atoms with Crippen molar-refractivity contribution in [1.82, 2.24) is 0 Å². The van der Waals surface area contributed by atoms with E-state index in [1.54, 1.807) is 24.3 Å². The highest BCUT2D eigenvalue weighted by Crippen LogP contribution is 2.32. The van der Waals surface area contributed by atoms with Gasteiger partial charge in [0.25, 0.3) is 5.19 Å². The molecule has 0 saturated heterocycles. The highest BCUT2D eigenvalue weighted by Gasteiger charge is 2.27. The molecule has 1 atom stereocenters. The van der Waals surface area contributed by atoms with E-state index in [4.69, 9.17) is 5.11 Å². The van der Waals surface area contributed by atoms with Crippen molar-refractivity contribution < 1.29 is 13.9 Å². The van der Waals surface area contributed by atoms with Gasteiger partial charge in [-0.15, -0.1) is 0 Å². The summed E-state index contributed by atoms with van der Waals surface area (Å²) >= 11 is 0.468. The van der Waals surface area contributed by atoms with Crippen molar-refractivity contribution in [1.29, 1.82) is 0 Å². The summed E-state index contributed by atoms with van der Waals surface area (Å²) in [6.07, 6.45) is 0. The highest BCUT2D eigenvalue weighted by atomic mass is 32.2. The summed E-state index contributed by atoms with van der Waals surface area (Å²) < 4.78 is 24.6. The van der Waals surface area contributed by atoms with Crippen LogP contribution in [-0.2, 0) is 0 Å². The van der Waals surface area contributed by atoms with Crippen LogP contribution in [-0.4, -0.2) is 17.0 Å². The van der Waals surface area contributed by atoms with Crippen LogP contribution in [0, 0.1) is 6.92 Å². The Morgan fingerprint density at radius 1 is 1.38 bits per heavy atom. The standard InChI is InChI=1S/C9H10F2OS/c1-7-2-4-8(5-3-7)13-9(11,12)6-10/h2-5,12H,6H2,1H3. The average Bonchev–Trinajstić information content (AvgIpc) is 2.09. The lowest BCUT2D eigenvalue weighted by atomic mass is 10.2. The zero-order chi connectivity index (χ0) is 9.90. The van der Waals surface area contributed by atoms with Gasteiger partial charge < -0.3 is 5.11 Å². The Morgan fingerprint density at radius 2 is 1.92 bits per heavy atom. The third-order valence-electron chi connectivity index (χ3n) is 1.46. The summed E-state index contributed by atoms with van der Waals surface area (Å²) in [6, 6.07) is 6.83. The first-order chi connectivity index (χ1) is 6.03. The Labute approximate surface area is 79.8 Å². The molecular formula is C9H10F2OS. The smallest absolute Gasteiger partial charge is 0.288 e. The van der Waals surface area contributed by atoms with Crippen LogP contribution >= 0.6 is 11.8 Å². The minimum Gasteiger partial charge on any atom is -0.351 e. The number of aryl methyl sites for hydroxylation is 1. The quantitative estimate of drug-likeness (QED) is 0.603. The summed E-state index contributed by atoms with van der Waals surface area (Å²) in [6.45, 7) is 0.483. The number of hydrogen-bond donors (Lipinski definition) is 1. The molecule has 1 nitrogen and oxygen atoms in total. The normalized spacial score (nSPS) is 15.4. The van der Waals surface area contributed by atoms with E-state index < -0.39 is 11.9 Å². The maximum atomic E-state index is 12.7. The zero-order valence-electron chi connectivity index (χ0n) is 7.13. The molecule has 1 aromatic rings. The Bertz CT molecular complexity index is 271. The topological polar surface area (TPSA) is 20.2 Å². The zero-order valence-corrected chi connectivity index (χ0v) is 7.94. The predicted octanol–water partition coefficient (Wildman–Crippen LogP) is 2.67. The molecule has 0 saturated carbocycles. The molecule has 0 bridgehead atoms. The molecule has 13 heavy (non-hydrogen) atoms. The number of alkyl halides is 2. The van der Waals surface area contributed by atoms with E-state index >= 15 is 0 Å². The first kappa shape index (κ1) is 10.5. The molecular weight excluding hydrogens is 194 g/mol. The monoisotopic (exact) mass is 204 g/mol. The molecule has 0 amide bonds. The van der Waals surface area contributed by atoms with Gasteiger partial charge in [-0.25, -0.2) is 4.39 Å². The Morgan fingerprint density at radius 3 is 2.38 bits per heavy atom. The molecule has 0 radical (unpaired) electrons. The summed E-state index contributed by atoms with van der Waals surface area (Å²) in [5, 5.41) is 5.96. The number of thioether (sulfide) groups is 1. The van der Waals surface area contributed by atoms with Gasteiger partial charge in [0.15, 0.2) is 6.67 Å². The van der Waals surface area contributed by atoms with E-state index in [-0.39, 0.29) is 0 Å². The summed E-state index contributed by atoms with van der Waals surface area (Å²) in [7, 11) is 0. The van der Waals surface area contributed by atoms with Crippen molar-refractivity contribution in [3.8, 4) is 0 Å². The van der Waals surface area contributed by atoms with Gasteiger partial charge >= 0.3 is 0 Å². The SMILES string of the molecule is Cc1ccc(SC(O)(F)CF)cc1. The van der Waals surface area contributed by atoms with Crippen molar-refractivity contribution in [3.05, 3.63) is 29.8 Å². The van der Waals surface area contributed by atoms with Gasteiger partial charge in [-0.1, -0.05) is 29.5 Å². The molecule has 4 heteroatoms. The lowest BCUT2D eigenvalue weighted by Crippen LogP contribution is -2.19. The van der Waals surface area contributed by atoms with Crippen LogP contribution in [0.3, 0.4) is 0 Å². The van der Waals surface area contributed by atoms with E-state index in [1.165, 1.54) is 0 Å². The molecule has 0 heterocycles. The second-order valence-corrected chi connectivity index (χ2v) is 4.04. The van der Waals surface area contributed by atoms with Crippen LogP contribution in [0.15, 0.2) is 29.2 Å². The van der Waals surface area contributed by atoms with Crippen molar-refractivity contribution >= 4 is 11.8 Å². The maximum Gasteiger partial charge on any atom is 0.288 e. The van der Waals surface area contributed by atoms with Crippen LogP contribution in [0.4, 0.5) is 8.78 Å². The molecule has 0 aliphatic heterocycles. The molecule has 1 N–H and O–H groups in total. The lowest BCUT2D eigenvalue weighted by Gasteiger charge is -2.13. The first-order valence-corrected chi connectivity index (χ1v) is 4.58. The Kier molecular flexibility index (Phi) is 3.27. The number of rotatable bonds is 3. The summed E-state index contributed by atoms with van der Waals surface area (Å²) in [5.74, 6) is 0. The maximum absolute atomic E-state index is 12.7. The van der Waals surface area contributed by atoms with Gasteiger partial charge in [-0.05, 0) is 19.1 Å². The fourth-order valence-corrected chi connectivity index (χ4v) is 1.50. The van der Waals surface area contributed by atoms with E-state index in [9.17, 15) is 8.78 Å². The summed E-state index contributed by atoms with van der Waals surface area (Å²) in [4.78, 5) is 0.508. The van der Waals surface area contributed by atoms with Crippen molar-refractivity contribution in [2.75, 3.05) is 6.67 Å². The van der Waals surface area contributed by atoms with Crippen LogP contribution in [0.2, 0.25) is 0 Å². The van der Waals surface area contributed by atoms with Crippen LogP contribution < -0.4 is 0 Å². The first-order valence-electron chi connectivity index (χ1n) is 3.76. The minimum absolute atomic E-state index is 0.468.